The molecule has 2 aliphatic rings. The summed E-state index contributed by atoms with van der Waals surface area (Å²) in [7, 11) is 0. The predicted octanol–water partition coefficient (Wildman–Crippen LogP) is 4.32. The van der Waals surface area contributed by atoms with Crippen LogP contribution in [0.4, 0.5) is 9.18 Å². The van der Waals surface area contributed by atoms with E-state index in [4.69, 9.17) is 4.74 Å². The number of amides is 3. The van der Waals surface area contributed by atoms with Crippen LogP contribution in [0.2, 0.25) is 0 Å². The number of halogens is 1. The number of hydrogen-bond acceptors (Lipinski definition) is 6. The lowest BCUT2D eigenvalue weighted by Gasteiger charge is -2.30. The minimum Gasteiger partial charge on any atom is -0.483 e. The van der Waals surface area contributed by atoms with Gasteiger partial charge in [0, 0.05) is 12.6 Å². The second-order valence-corrected chi connectivity index (χ2v) is 10.5. The van der Waals surface area contributed by atoms with Gasteiger partial charge in [0.15, 0.2) is 22.5 Å². The number of rotatable bonds is 9. The van der Waals surface area contributed by atoms with Crippen LogP contribution in [0, 0.1) is 23.6 Å². The van der Waals surface area contributed by atoms with E-state index in [9.17, 15) is 14.0 Å². The van der Waals surface area contributed by atoms with Crippen LogP contribution < -0.4 is 15.4 Å². The maximum absolute atomic E-state index is 14.1. The first-order valence-corrected chi connectivity index (χ1v) is 12.8. The van der Waals surface area contributed by atoms with Gasteiger partial charge in [-0.15, -0.1) is 10.2 Å². The van der Waals surface area contributed by atoms with Gasteiger partial charge in [-0.2, -0.15) is 0 Å². The molecule has 0 aliphatic heterocycles. The third kappa shape index (κ3) is 5.37. The third-order valence-corrected chi connectivity index (χ3v) is 8.03. The zero-order chi connectivity index (χ0) is 24.2. The standard InChI is InChI=1S/C24H32FN5O3S/c1-4-26-23(32)27-22(31)15(3)34-24-29-28-21(13-33-20-8-6-5-7-19(20)25)30(24)14(2)18-12-16-9-10-17(18)11-16/h5-8,14-18H,4,9-13H2,1-3H3,(H2,26,27,31,32)/t14-,15-,16-,17-,18+/m1/s1. The summed E-state index contributed by atoms with van der Waals surface area (Å²) >= 11 is 1.26. The number of imide groups is 1. The van der Waals surface area contributed by atoms with Crippen molar-refractivity contribution < 1.29 is 18.7 Å². The van der Waals surface area contributed by atoms with Crippen LogP contribution in [0.3, 0.4) is 0 Å². The molecule has 0 spiro atoms. The highest BCUT2D eigenvalue weighted by molar-refractivity contribution is 8.00. The molecule has 0 radical (unpaired) electrons. The summed E-state index contributed by atoms with van der Waals surface area (Å²) in [5, 5.41) is 13.7. The van der Waals surface area contributed by atoms with Crippen LogP contribution in [-0.2, 0) is 11.4 Å². The van der Waals surface area contributed by atoms with Crippen molar-refractivity contribution in [3.05, 3.63) is 35.9 Å². The zero-order valence-electron chi connectivity index (χ0n) is 19.8. The van der Waals surface area contributed by atoms with Gasteiger partial charge in [0.25, 0.3) is 0 Å². The number of carbonyl (C=O) groups is 2. The maximum Gasteiger partial charge on any atom is 0.321 e. The van der Waals surface area contributed by atoms with Gasteiger partial charge in [-0.05, 0) is 69.9 Å². The van der Waals surface area contributed by atoms with Crippen molar-refractivity contribution in [3.8, 4) is 5.75 Å². The van der Waals surface area contributed by atoms with Crippen LogP contribution in [0.15, 0.2) is 29.4 Å². The van der Waals surface area contributed by atoms with Crippen molar-refractivity contribution >= 4 is 23.7 Å². The Balaban J connectivity index is 1.54. The average Bonchev–Trinajstić information content (AvgIpc) is 3.54. The van der Waals surface area contributed by atoms with E-state index in [1.807, 2.05) is 4.57 Å². The number of aromatic nitrogens is 3. The van der Waals surface area contributed by atoms with Crippen LogP contribution in [0.1, 0.15) is 58.3 Å². The van der Waals surface area contributed by atoms with Crippen LogP contribution >= 0.6 is 11.8 Å². The first kappa shape index (κ1) is 24.5. The largest absolute Gasteiger partial charge is 0.483 e. The summed E-state index contributed by atoms with van der Waals surface area (Å²) in [5.41, 5.74) is 0. The van der Waals surface area contributed by atoms with E-state index in [1.54, 1.807) is 32.0 Å². The molecule has 1 heterocycles. The third-order valence-electron chi connectivity index (χ3n) is 6.97. The van der Waals surface area contributed by atoms with E-state index >= 15 is 0 Å². The van der Waals surface area contributed by atoms with E-state index < -0.39 is 23.0 Å². The molecule has 2 aromatic rings. The molecule has 1 aromatic heterocycles. The van der Waals surface area contributed by atoms with Gasteiger partial charge in [0.2, 0.25) is 5.91 Å². The Bertz CT molecular complexity index is 1030. The number of hydrogen-bond donors (Lipinski definition) is 2. The van der Waals surface area contributed by atoms with Crippen LogP contribution in [-0.4, -0.2) is 38.5 Å². The van der Waals surface area contributed by atoms with Gasteiger partial charge in [-0.3, -0.25) is 14.7 Å². The molecular formula is C24H32FN5O3S. The Kier molecular flexibility index (Phi) is 7.75. The first-order chi connectivity index (χ1) is 16.4. The van der Waals surface area contributed by atoms with Crippen LogP contribution in [0.5, 0.6) is 5.75 Å². The van der Waals surface area contributed by atoms with Crippen LogP contribution in [0.25, 0.3) is 0 Å². The molecule has 2 N–H and O–H groups in total. The van der Waals surface area contributed by atoms with E-state index in [1.165, 1.54) is 43.5 Å². The number of nitrogens with zero attached hydrogens (tertiary/aromatic N) is 3. The van der Waals surface area contributed by atoms with Gasteiger partial charge < -0.3 is 10.1 Å². The topological polar surface area (TPSA) is 98.1 Å². The van der Waals surface area contributed by atoms with Crippen molar-refractivity contribution in [1.82, 2.24) is 25.4 Å². The lowest BCUT2D eigenvalue weighted by atomic mass is 9.84. The Morgan fingerprint density at radius 3 is 2.71 bits per heavy atom. The fraction of sp³-hybridized carbons (Fsp3) is 0.583. The Morgan fingerprint density at radius 2 is 2.03 bits per heavy atom. The molecule has 10 heteroatoms. The number of thioether (sulfide) groups is 1. The molecule has 4 rings (SSSR count). The minimum atomic E-state index is -0.557. The summed E-state index contributed by atoms with van der Waals surface area (Å²) < 4.78 is 21.9. The summed E-state index contributed by atoms with van der Waals surface area (Å²) in [6.07, 6.45) is 5.00. The van der Waals surface area contributed by atoms with Gasteiger partial charge >= 0.3 is 6.03 Å². The summed E-state index contributed by atoms with van der Waals surface area (Å²) in [5.74, 6) is 1.89. The number of carbonyl (C=O) groups excluding carboxylic acids is 2. The van der Waals surface area contributed by atoms with E-state index in [0.29, 0.717) is 29.4 Å². The lowest BCUT2D eigenvalue weighted by molar-refractivity contribution is -0.119. The number of para-hydroxylation sites is 1. The molecule has 34 heavy (non-hydrogen) atoms. The average molecular weight is 490 g/mol. The van der Waals surface area contributed by atoms with Gasteiger partial charge in [-0.1, -0.05) is 30.3 Å². The number of fused-ring (bicyclic) bond motifs is 2. The SMILES string of the molecule is CCNC(=O)NC(=O)[C@@H](C)Sc1nnc(COc2ccccc2F)n1[C@H](C)[C@@H]1C[C@@H]2CC[C@@H]1C2. The normalized spacial score (nSPS) is 22.9. The molecule has 8 nitrogen and oxygen atoms in total. The summed E-state index contributed by atoms with van der Waals surface area (Å²) in [6, 6.07) is 5.87. The lowest BCUT2D eigenvalue weighted by Crippen LogP contribution is -2.42. The molecule has 0 unspecified atom stereocenters. The van der Waals surface area contributed by atoms with Crippen molar-refractivity contribution in [2.45, 2.75) is 69.5 Å². The Labute approximate surface area is 203 Å². The molecule has 0 saturated heterocycles. The number of ether oxygens (including phenoxy) is 1. The fourth-order valence-corrected chi connectivity index (χ4v) is 6.26. The van der Waals surface area contributed by atoms with Crippen molar-refractivity contribution in [3.63, 3.8) is 0 Å². The fourth-order valence-electron chi connectivity index (χ4n) is 5.31. The smallest absolute Gasteiger partial charge is 0.321 e. The van der Waals surface area contributed by atoms with Gasteiger partial charge in [-0.25, -0.2) is 9.18 Å². The van der Waals surface area contributed by atoms with Crippen molar-refractivity contribution in [2.24, 2.45) is 17.8 Å². The van der Waals surface area contributed by atoms with Crippen molar-refractivity contribution in [1.29, 1.82) is 0 Å². The maximum atomic E-state index is 14.1. The number of nitrogens with one attached hydrogen (secondary N) is 2. The molecule has 2 aliphatic carbocycles. The molecule has 2 fully saturated rings. The number of benzene rings is 1. The molecular weight excluding hydrogens is 457 g/mol. The monoisotopic (exact) mass is 489 g/mol. The number of urea groups is 1. The quantitative estimate of drug-likeness (QED) is 0.509. The highest BCUT2D eigenvalue weighted by Crippen LogP contribution is 2.52. The molecule has 184 valence electrons. The molecule has 2 bridgehead atoms. The minimum absolute atomic E-state index is 0.0686. The zero-order valence-corrected chi connectivity index (χ0v) is 20.6. The molecule has 5 atom stereocenters. The predicted molar refractivity (Wildman–Crippen MR) is 127 cm³/mol. The second-order valence-electron chi connectivity index (χ2n) is 9.18. The highest BCUT2D eigenvalue weighted by atomic mass is 32.2. The Morgan fingerprint density at radius 1 is 1.24 bits per heavy atom. The molecule has 3 amide bonds. The van der Waals surface area contributed by atoms with E-state index in [2.05, 4.69) is 27.8 Å². The van der Waals surface area contributed by atoms with E-state index in [-0.39, 0.29) is 18.4 Å². The highest BCUT2D eigenvalue weighted by Gasteiger charge is 2.43. The molecule has 1 aromatic carbocycles. The first-order valence-electron chi connectivity index (χ1n) is 11.9. The van der Waals surface area contributed by atoms with Crippen molar-refractivity contribution in [2.75, 3.05) is 6.54 Å². The Hall–Kier alpha value is -2.62. The second kappa shape index (κ2) is 10.8. The van der Waals surface area contributed by atoms with Gasteiger partial charge in [0.1, 0.15) is 6.61 Å². The van der Waals surface area contributed by atoms with E-state index in [0.717, 1.165) is 5.92 Å². The summed E-state index contributed by atoms with van der Waals surface area (Å²) in [4.78, 5) is 24.3. The summed E-state index contributed by atoms with van der Waals surface area (Å²) in [6.45, 7) is 6.19. The van der Waals surface area contributed by atoms with Gasteiger partial charge in [0.05, 0.1) is 5.25 Å². The molecule has 2 saturated carbocycles.